The molecule has 4 aliphatic carbocycles. The van der Waals surface area contributed by atoms with Crippen LogP contribution in [0.15, 0.2) is 70.9 Å². The molecular weight excluding hydrogens is 224 g/mol. The third-order valence-corrected chi connectivity index (χ3v) is 3.96. The van der Waals surface area contributed by atoms with Crippen molar-refractivity contribution in [3.63, 3.8) is 0 Å². The van der Waals surface area contributed by atoms with E-state index in [1.807, 2.05) is 24.3 Å². The molecule has 2 heteroatoms. The highest BCUT2D eigenvalue weighted by molar-refractivity contribution is 6.16. The summed E-state index contributed by atoms with van der Waals surface area (Å²) in [6.45, 7) is 0. The van der Waals surface area contributed by atoms with Gasteiger partial charge in [0.15, 0.2) is 11.6 Å². The molecule has 0 bridgehead atoms. The Bertz CT molecular complexity index is 678. The molecule has 0 N–H and O–H groups in total. The number of rotatable bonds is 0. The van der Waals surface area contributed by atoms with Gasteiger partial charge in [-0.25, -0.2) is 0 Å². The topological polar surface area (TPSA) is 34.1 Å². The van der Waals surface area contributed by atoms with Gasteiger partial charge in [0.05, 0.1) is 0 Å². The predicted octanol–water partition coefficient (Wildman–Crippen LogP) is 2.23. The molecule has 0 aliphatic heterocycles. The SMILES string of the molecule is O=C1C=CC2=C3C1C(=O)C=C1C=CC=C(C=C2)C13. The summed E-state index contributed by atoms with van der Waals surface area (Å²) in [7, 11) is 0. The number of hydrogen-bond acceptors (Lipinski definition) is 2. The summed E-state index contributed by atoms with van der Waals surface area (Å²) in [6, 6.07) is 0. The zero-order chi connectivity index (χ0) is 12.3. The highest BCUT2D eigenvalue weighted by Crippen LogP contribution is 2.46. The summed E-state index contributed by atoms with van der Waals surface area (Å²) in [5.74, 6) is -0.646. The van der Waals surface area contributed by atoms with Crippen molar-refractivity contribution in [1.29, 1.82) is 0 Å². The van der Waals surface area contributed by atoms with Gasteiger partial charge in [0.1, 0.15) is 5.92 Å². The summed E-state index contributed by atoms with van der Waals surface area (Å²) in [6.07, 6.45) is 15.1. The van der Waals surface area contributed by atoms with E-state index in [0.29, 0.717) is 0 Å². The van der Waals surface area contributed by atoms with Crippen molar-refractivity contribution in [2.45, 2.75) is 0 Å². The number of ketones is 2. The normalized spacial score (nSPS) is 31.3. The average Bonchev–Trinajstić information content (AvgIpc) is 2.38. The lowest BCUT2D eigenvalue weighted by molar-refractivity contribution is -0.126. The Balaban J connectivity index is 2.05. The van der Waals surface area contributed by atoms with Gasteiger partial charge in [-0.15, -0.1) is 0 Å². The summed E-state index contributed by atoms with van der Waals surface area (Å²) in [5, 5.41) is 0. The Kier molecular flexibility index (Phi) is 1.72. The van der Waals surface area contributed by atoms with Crippen LogP contribution in [0.5, 0.6) is 0 Å². The smallest absolute Gasteiger partial charge is 0.170 e. The average molecular weight is 234 g/mol. The van der Waals surface area contributed by atoms with Crippen LogP contribution >= 0.6 is 0 Å². The second kappa shape index (κ2) is 3.16. The first kappa shape index (κ1) is 9.77. The quantitative estimate of drug-likeness (QED) is 0.602. The molecule has 0 radical (unpaired) electrons. The van der Waals surface area contributed by atoms with Crippen LogP contribution in [0.25, 0.3) is 0 Å². The number of carbonyl (C=O) groups excluding carboxylic acids is 2. The fourth-order valence-electron chi connectivity index (χ4n) is 3.19. The van der Waals surface area contributed by atoms with Crippen molar-refractivity contribution in [3.8, 4) is 0 Å². The Morgan fingerprint density at radius 3 is 2.50 bits per heavy atom. The van der Waals surface area contributed by atoms with Crippen molar-refractivity contribution in [1.82, 2.24) is 0 Å². The first-order valence-corrected chi connectivity index (χ1v) is 6.03. The van der Waals surface area contributed by atoms with Crippen molar-refractivity contribution >= 4 is 11.6 Å². The van der Waals surface area contributed by atoms with Crippen LogP contribution in [0.4, 0.5) is 0 Å². The molecular formula is C16H10O2. The van der Waals surface area contributed by atoms with E-state index in [1.165, 1.54) is 11.6 Å². The minimum Gasteiger partial charge on any atom is -0.294 e. The maximum Gasteiger partial charge on any atom is 0.170 e. The molecule has 0 aromatic rings. The zero-order valence-corrected chi connectivity index (χ0v) is 9.59. The summed E-state index contributed by atoms with van der Waals surface area (Å²) in [4.78, 5) is 24.1. The van der Waals surface area contributed by atoms with Crippen LogP contribution in [-0.2, 0) is 9.59 Å². The second-order valence-corrected chi connectivity index (χ2v) is 4.92. The molecule has 0 saturated carbocycles. The van der Waals surface area contributed by atoms with Crippen molar-refractivity contribution in [2.75, 3.05) is 0 Å². The molecule has 0 aromatic carbocycles. The van der Waals surface area contributed by atoms with E-state index in [-0.39, 0.29) is 17.5 Å². The fraction of sp³-hybridized carbons (Fsp3) is 0.125. The van der Waals surface area contributed by atoms with Gasteiger partial charge in [0.25, 0.3) is 0 Å². The number of carbonyl (C=O) groups is 2. The van der Waals surface area contributed by atoms with Gasteiger partial charge in [-0.1, -0.05) is 36.5 Å². The third kappa shape index (κ3) is 1.07. The molecule has 4 aliphatic rings. The van der Waals surface area contributed by atoms with Gasteiger partial charge in [-0.05, 0) is 34.4 Å². The van der Waals surface area contributed by atoms with Crippen LogP contribution in [-0.4, -0.2) is 11.6 Å². The van der Waals surface area contributed by atoms with Crippen molar-refractivity contribution in [2.24, 2.45) is 11.8 Å². The third-order valence-electron chi connectivity index (χ3n) is 3.96. The number of allylic oxidation sites excluding steroid dienone is 12. The van der Waals surface area contributed by atoms with E-state index in [2.05, 4.69) is 12.2 Å². The van der Waals surface area contributed by atoms with Gasteiger partial charge in [0.2, 0.25) is 0 Å². The predicted molar refractivity (Wildman–Crippen MR) is 67.6 cm³/mol. The molecule has 2 nitrogen and oxygen atoms in total. The van der Waals surface area contributed by atoms with E-state index in [9.17, 15) is 9.59 Å². The Hall–Kier alpha value is -2.22. The molecule has 2 atom stereocenters. The summed E-state index contributed by atoms with van der Waals surface area (Å²) in [5.41, 5.74) is 4.18. The van der Waals surface area contributed by atoms with E-state index in [0.717, 1.165) is 16.7 Å². The summed E-state index contributed by atoms with van der Waals surface area (Å²) >= 11 is 0. The maximum atomic E-state index is 12.1. The monoisotopic (exact) mass is 234 g/mol. The van der Waals surface area contributed by atoms with Crippen LogP contribution in [0.2, 0.25) is 0 Å². The molecule has 0 saturated heterocycles. The van der Waals surface area contributed by atoms with Crippen molar-refractivity contribution in [3.05, 3.63) is 70.9 Å². The maximum absolute atomic E-state index is 12.1. The molecule has 0 fully saturated rings. The Labute approximate surface area is 104 Å². The van der Waals surface area contributed by atoms with Crippen LogP contribution < -0.4 is 0 Å². The molecule has 2 unspecified atom stereocenters. The highest BCUT2D eigenvalue weighted by Gasteiger charge is 2.42. The molecule has 4 rings (SSSR count). The first-order valence-electron chi connectivity index (χ1n) is 6.03. The van der Waals surface area contributed by atoms with Crippen LogP contribution in [0.3, 0.4) is 0 Å². The van der Waals surface area contributed by atoms with E-state index in [1.54, 1.807) is 6.08 Å². The molecule has 0 heterocycles. The molecule has 18 heavy (non-hydrogen) atoms. The van der Waals surface area contributed by atoms with E-state index >= 15 is 0 Å². The van der Waals surface area contributed by atoms with Gasteiger partial charge < -0.3 is 0 Å². The first-order chi connectivity index (χ1) is 8.75. The van der Waals surface area contributed by atoms with E-state index in [4.69, 9.17) is 0 Å². The van der Waals surface area contributed by atoms with Gasteiger partial charge >= 0.3 is 0 Å². The lowest BCUT2D eigenvalue weighted by atomic mass is 9.64. The second-order valence-electron chi connectivity index (χ2n) is 4.92. The lowest BCUT2D eigenvalue weighted by Gasteiger charge is -2.37. The Morgan fingerprint density at radius 1 is 0.778 bits per heavy atom. The van der Waals surface area contributed by atoms with Crippen LogP contribution in [0.1, 0.15) is 0 Å². The van der Waals surface area contributed by atoms with Gasteiger partial charge in [-0.2, -0.15) is 0 Å². The fourth-order valence-corrected chi connectivity index (χ4v) is 3.19. The van der Waals surface area contributed by atoms with Crippen LogP contribution in [0, 0.1) is 11.8 Å². The van der Waals surface area contributed by atoms with Gasteiger partial charge in [0, 0.05) is 5.92 Å². The molecule has 86 valence electrons. The molecule has 0 amide bonds. The molecule has 0 aromatic heterocycles. The highest BCUT2D eigenvalue weighted by atomic mass is 16.1. The van der Waals surface area contributed by atoms with Gasteiger partial charge in [-0.3, -0.25) is 9.59 Å². The lowest BCUT2D eigenvalue weighted by Crippen LogP contribution is -2.36. The largest absolute Gasteiger partial charge is 0.294 e. The standard InChI is InChI=1S/C16H10O2/c17-12-7-6-10-5-4-9-2-1-3-11-8-13(18)16(12)15(10)14(9)11/h1-8,14,16H. The zero-order valence-electron chi connectivity index (χ0n) is 9.59. The minimum absolute atomic E-state index is 0.0794. The Morgan fingerprint density at radius 2 is 1.61 bits per heavy atom. The van der Waals surface area contributed by atoms with Crippen molar-refractivity contribution < 1.29 is 9.59 Å². The van der Waals surface area contributed by atoms with E-state index < -0.39 is 5.92 Å². The number of hydrogen-bond donors (Lipinski definition) is 0. The minimum atomic E-state index is -0.585. The summed E-state index contributed by atoms with van der Waals surface area (Å²) < 4.78 is 0. The molecule has 0 spiro atoms.